The predicted molar refractivity (Wildman–Crippen MR) is 63.4 cm³/mol. The number of unbranched alkanes of at least 4 members (excludes halogenated alkanes) is 6. The largest absolute Gasteiger partial charge is 0.523 e. The topological polar surface area (TPSA) is 43.4 Å². The molecular formula is C11H19F3O3S. The zero-order valence-electron chi connectivity index (χ0n) is 10.2. The van der Waals surface area contributed by atoms with Gasteiger partial charge in [0.25, 0.3) is 0 Å². The van der Waals surface area contributed by atoms with Crippen molar-refractivity contribution in [1.29, 1.82) is 0 Å². The van der Waals surface area contributed by atoms with Crippen molar-refractivity contribution < 1.29 is 25.8 Å². The molecule has 0 aromatic heterocycles. The van der Waals surface area contributed by atoms with Crippen molar-refractivity contribution in [1.82, 2.24) is 0 Å². The first-order valence-electron chi connectivity index (χ1n) is 5.88. The molecule has 0 unspecified atom stereocenters. The summed E-state index contributed by atoms with van der Waals surface area (Å²) in [6.07, 6.45) is 7.75. The number of halogens is 3. The summed E-state index contributed by atoms with van der Waals surface area (Å²) in [6, 6.07) is 0. The molecule has 0 aliphatic rings. The van der Waals surface area contributed by atoms with E-state index in [9.17, 15) is 21.6 Å². The van der Waals surface area contributed by atoms with Gasteiger partial charge in [-0.15, -0.1) is 6.58 Å². The van der Waals surface area contributed by atoms with Crippen LogP contribution in [0.2, 0.25) is 0 Å². The molecule has 0 saturated carbocycles. The molecule has 0 aliphatic carbocycles. The lowest BCUT2D eigenvalue weighted by Crippen LogP contribution is -2.25. The Labute approximate surface area is 106 Å². The molecule has 0 N–H and O–H groups in total. The Bertz CT molecular complexity index is 323. The van der Waals surface area contributed by atoms with Gasteiger partial charge in [0.15, 0.2) is 0 Å². The highest BCUT2D eigenvalue weighted by molar-refractivity contribution is 7.87. The van der Waals surface area contributed by atoms with E-state index in [0.717, 1.165) is 32.1 Å². The third kappa shape index (κ3) is 7.71. The lowest BCUT2D eigenvalue weighted by atomic mass is 10.1. The van der Waals surface area contributed by atoms with Gasteiger partial charge in [-0.05, 0) is 19.3 Å². The molecule has 7 heteroatoms. The van der Waals surface area contributed by atoms with Crippen LogP contribution >= 0.6 is 0 Å². The molecule has 108 valence electrons. The van der Waals surface area contributed by atoms with Crippen molar-refractivity contribution >= 4 is 10.1 Å². The second-order valence-corrected chi connectivity index (χ2v) is 5.53. The van der Waals surface area contributed by atoms with Crippen LogP contribution in [0.5, 0.6) is 0 Å². The molecule has 0 spiro atoms. The molecule has 0 bridgehead atoms. The summed E-state index contributed by atoms with van der Waals surface area (Å²) in [5, 5.41) is 0. The first-order chi connectivity index (χ1) is 8.31. The van der Waals surface area contributed by atoms with Gasteiger partial charge in [-0.3, -0.25) is 4.18 Å². The fraction of sp³-hybridized carbons (Fsp3) is 0.818. The zero-order valence-corrected chi connectivity index (χ0v) is 11.0. The minimum absolute atomic E-state index is 0.316. The normalized spacial score (nSPS) is 12.6. The van der Waals surface area contributed by atoms with Crippen molar-refractivity contribution in [3.05, 3.63) is 12.7 Å². The molecule has 0 fully saturated rings. The minimum atomic E-state index is -5.41. The summed E-state index contributed by atoms with van der Waals surface area (Å²) in [5.41, 5.74) is -5.32. The van der Waals surface area contributed by atoms with Gasteiger partial charge in [0, 0.05) is 0 Å². The van der Waals surface area contributed by atoms with E-state index in [1.165, 1.54) is 0 Å². The molecule has 18 heavy (non-hydrogen) atoms. The van der Waals surface area contributed by atoms with E-state index in [2.05, 4.69) is 10.8 Å². The average Bonchev–Trinajstić information content (AvgIpc) is 2.25. The summed E-state index contributed by atoms with van der Waals surface area (Å²) in [7, 11) is -5.41. The smallest absolute Gasteiger partial charge is 0.263 e. The molecule has 0 rings (SSSR count). The highest BCUT2D eigenvalue weighted by atomic mass is 32.2. The maximum Gasteiger partial charge on any atom is 0.523 e. The summed E-state index contributed by atoms with van der Waals surface area (Å²) in [6.45, 7) is 3.19. The van der Waals surface area contributed by atoms with Crippen LogP contribution in [0.3, 0.4) is 0 Å². The second kappa shape index (κ2) is 8.53. The van der Waals surface area contributed by atoms with E-state index in [0.29, 0.717) is 12.8 Å². The highest BCUT2D eigenvalue weighted by Crippen LogP contribution is 2.24. The van der Waals surface area contributed by atoms with Crippen LogP contribution in [0.4, 0.5) is 13.2 Å². The first-order valence-corrected chi connectivity index (χ1v) is 7.28. The fourth-order valence-corrected chi connectivity index (χ4v) is 1.80. The van der Waals surface area contributed by atoms with Crippen molar-refractivity contribution in [2.45, 2.75) is 50.5 Å². The van der Waals surface area contributed by atoms with Crippen molar-refractivity contribution in [2.24, 2.45) is 0 Å². The Kier molecular flexibility index (Phi) is 8.26. The quantitative estimate of drug-likeness (QED) is 0.266. The van der Waals surface area contributed by atoms with E-state index in [-0.39, 0.29) is 0 Å². The number of alkyl halides is 3. The van der Waals surface area contributed by atoms with Gasteiger partial charge in [-0.1, -0.05) is 31.8 Å². The van der Waals surface area contributed by atoms with Crippen molar-refractivity contribution in [3.63, 3.8) is 0 Å². The van der Waals surface area contributed by atoms with Crippen LogP contribution < -0.4 is 0 Å². The van der Waals surface area contributed by atoms with Crippen LogP contribution in [-0.2, 0) is 14.3 Å². The van der Waals surface area contributed by atoms with Crippen molar-refractivity contribution in [3.8, 4) is 0 Å². The molecule has 0 radical (unpaired) electrons. The Morgan fingerprint density at radius 1 is 1.00 bits per heavy atom. The first kappa shape index (κ1) is 17.4. The Hall–Kier alpha value is -0.560. The second-order valence-electron chi connectivity index (χ2n) is 3.92. The van der Waals surface area contributed by atoms with E-state index in [1.54, 1.807) is 0 Å². The Balaban J connectivity index is 3.49. The van der Waals surface area contributed by atoms with Crippen LogP contribution in [0.25, 0.3) is 0 Å². The third-order valence-electron chi connectivity index (χ3n) is 2.32. The van der Waals surface area contributed by atoms with Crippen LogP contribution in [0.15, 0.2) is 12.7 Å². The predicted octanol–water partition coefficient (Wildman–Crippen LogP) is 3.77. The van der Waals surface area contributed by atoms with Gasteiger partial charge in [0.05, 0.1) is 6.61 Å². The Morgan fingerprint density at radius 2 is 1.50 bits per heavy atom. The van der Waals surface area contributed by atoms with Gasteiger partial charge < -0.3 is 0 Å². The average molecular weight is 288 g/mol. The SMILES string of the molecule is C=CCCCCCCCCOS(=O)(=O)C(F)(F)F. The number of hydrogen-bond acceptors (Lipinski definition) is 3. The highest BCUT2D eigenvalue weighted by Gasteiger charge is 2.47. The molecule has 0 atom stereocenters. The van der Waals surface area contributed by atoms with Gasteiger partial charge in [-0.25, -0.2) is 0 Å². The van der Waals surface area contributed by atoms with Gasteiger partial charge >= 0.3 is 15.6 Å². The summed E-state index contributed by atoms with van der Waals surface area (Å²) in [5.74, 6) is 0. The van der Waals surface area contributed by atoms with Crippen LogP contribution in [0.1, 0.15) is 44.9 Å². The van der Waals surface area contributed by atoms with Crippen molar-refractivity contribution in [2.75, 3.05) is 6.61 Å². The van der Waals surface area contributed by atoms with E-state index >= 15 is 0 Å². The zero-order chi connectivity index (χ0) is 14.1. The van der Waals surface area contributed by atoms with Crippen LogP contribution in [0, 0.1) is 0 Å². The monoisotopic (exact) mass is 288 g/mol. The number of allylic oxidation sites excluding steroid dienone is 1. The maximum atomic E-state index is 11.9. The number of hydrogen-bond donors (Lipinski definition) is 0. The van der Waals surface area contributed by atoms with E-state index in [4.69, 9.17) is 0 Å². The van der Waals surface area contributed by atoms with Gasteiger partial charge in [-0.2, -0.15) is 21.6 Å². The minimum Gasteiger partial charge on any atom is -0.263 e. The number of rotatable bonds is 10. The standard InChI is InChI=1S/C11H19F3O3S/c1-2-3-4-5-6-7-8-9-10-17-18(15,16)11(12,13)14/h2H,1,3-10H2. The molecule has 0 amide bonds. The molecule has 0 saturated heterocycles. The molecule has 0 aromatic rings. The summed E-state index contributed by atoms with van der Waals surface area (Å²) < 4.78 is 60.5. The fourth-order valence-electron chi connectivity index (χ4n) is 1.33. The molecule has 0 aliphatic heterocycles. The summed E-state index contributed by atoms with van der Waals surface area (Å²) >= 11 is 0. The lowest BCUT2D eigenvalue weighted by Gasteiger charge is -2.07. The lowest BCUT2D eigenvalue weighted by molar-refractivity contribution is -0.0542. The van der Waals surface area contributed by atoms with Gasteiger partial charge in [0.2, 0.25) is 0 Å². The molecule has 0 heterocycles. The summed E-state index contributed by atoms with van der Waals surface area (Å²) in [4.78, 5) is 0. The van der Waals surface area contributed by atoms with Crippen LogP contribution in [-0.4, -0.2) is 20.5 Å². The molecule has 3 nitrogen and oxygen atoms in total. The van der Waals surface area contributed by atoms with E-state index in [1.807, 2.05) is 6.08 Å². The molecular weight excluding hydrogens is 269 g/mol. The maximum absolute atomic E-state index is 11.9. The third-order valence-corrected chi connectivity index (χ3v) is 3.37. The van der Waals surface area contributed by atoms with Gasteiger partial charge in [0.1, 0.15) is 0 Å². The molecule has 0 aromatic carbocycles. The van der Waals surface area contributed by atoms with E-state index < -0.39 is 22.2 Å². The Morgan fingerprint density at radius 3 is 2.00 bits per heavy atom.